The molecule has 9 nitrogen and oxygen atoms in total. The van der Waals surface area contributed by atoms with Gasteiger partial charge < -0.3 is 29.9 Å². The Morgan fingerprint density at radius 2 is 1.05 bits per heavy atom. The second kappa shape index (κ2) is 13.3. The van der Waals surface area contributed by atoms with Crippen LogP contribution in [0.2, 0.25) is 0 Å². The van der Waals surface area contributed by atoms with Crippen LogP contribution >= 0.6 is 0 Å². The summed E-state index contributed by atoms with van der Waals surface area (Å²) >= 11 is 0. The molecule has 4 unspecified atom stereocenters. The summed E-state index contributed by atoms with van der Waals surface area (Å²) in [5.41, 5.74) is -2.55. The quantitative estimate of drug-likeness (QED) is 0.239. The van der Waals surface area contributed by atoms with E-state index in [-0.39, 0.29) is 26.1 Å². The predicted octanol–water partition coefficient (Wildman–Crippen LogP) is 1.53. The molecule has 0 aliphatic heterocycles. The van der Waals surface area contributed by atoms with Gasteiger partial charge in [-0.1, -0.05) is 37.4 Å². The van der Waals surface area contributed by atoms with Crippen molar-refractivity contribution < 1.29 is 44.3 Å². The highest BCUT2D eigenvalue weighted by atomic mass is 16.5. The highest BCUT2D eigenvalue weighted by Crippen LogP contribution is 2.26. The number of ether oxygens (including phenoxy) is 2. The van der Waals surface area contributed by atoms with E-state index in [1.165, 1.54) is 13.8 Å². The number of benzene rings is 2. The van der Waals surface area contributed by atoms with Gasteiger partial charge in [-0.15, -0.1) is 0 Å². The van der Waals surface area contributed by atoms with Crippen LogP contribution in [0, 0.1) is 0 Å². The van der Waals surface area contributed by atoms with E-state index in [0.29, 0.717) is 22.6 Å². The Morgan fingerprint density at radius 3 is 1.34 bits per heavy atom. The molecule has 204 valence electrons. The first-order valence-electron chi connectivity index (χ1n) is 11.9. The number of aliphatic hydroxyl groups excluding tert-OH is 2. The molecule has 2 rings (SSSR count). The third-order valence-corrected chi connectivity index (χ3v) is 5.80. The summed E-state index contributed by atoms with van der Waals surface area (Å²) in [5, 5.41) is 41.1. The lowest BCUT2D eigenvalue weighted by Gasteiger charge is -2.31. The van der Waals surface area contributed by atoms with E-state index in [4.69, 9.17) is 9.47 Å². The highest BCUT2D eigenvalue weighted by Gasteiger charge is 2.42. The molecule has 0 bridgehead atoms. The van der Waals surface area contributed by atoms with Crippen molar-refractivity contribution in [2.24, 2.45) is 0 Å². The zero-order valence-corrected chi connectivity index (χ0v) is 21.5. The number of rotatable bonds is 16. The topological polar surface area (TPSA) is 151 Å². The molecule has 4 N–H and O–H groups in total. The molecular weight excluding hydrogens is 492 g/mol. The van der Waals surface area contributed by atoms with E-state index in [2.05, 4.69) is 13.2 Å². The number of carbonyl (C=O) groups is 3. The Hall–Kier alpha value is -3.63. The average Bonchev–Trinajstić information content (AvgIpc) is 2.90. The molecule has 0 fully saturated rings. The second-order valence-corrected chi connectivity index (χ2v) is 9.38. The first-order valence-corrected chi connectivity index (χ1v) is 11.9. The molecule has 0 heterocycles. The third-order valence-electron chi connectivity index (χ3n) is 5.80. The van der Waals surface area contributed by atoms with Crippen molar-refractivity contribution in [2.45, 2.75) is 50.1 Å². The molecule has 2 aromatic rings. The van der Waals surface area contributed by atoms with Crippen molar-refractivity contribution in [3.8, 4) is 11.5 Å². The molecule has 0 radical (unpaired) electrons. The van der Waals surface area contributed by atoms with Gasteiger partial charge in [0.05, 0.1) is 0 Å². The Balaban J connectivity index is 1.97. The normalized spacial score (nSPS) is 15.7. The van der Waals surface area contributed by atoms with Gasteiger partial charge >= 0.3 is 0 Å². The van der Waals surface area contributed by atoms with Gasteiger partial charge in [0.1, 0.15) is 35.9 Å². The van der Waals surface area contributed by atoms with E-state index in [1.54, 1.807) is 48.5 Å². The predicted molar refractivity (Wildman–Crippen MR) is 140 cm³/mol. The van der Waals surface area contributed by atoms with E-state index < -0.39 is 40.8 Å². The van der Waals surface area contributed by atoms with Crippen molar-refractivity contribution >= 4 is 17.3 Å². The summed E-state index contributed by atoms with van der Waals surface area (Å²) in [4.78, 5) is 35.8. The summed E-state index contributed by atoms with van der Waals surface area (Å²) in [6.45, 7) is 8.78. The Morgan fingerprint density at radius 1 is 0.737 bits per heavy atom. The fourth-order valence-corrected chi connectivity index (χ4v) is 3.73. The highest BCUT2D eigenvalue weighted by molar-refractivity contribution is 5.94. The van der Waals surface area contributed by atoms with Crippen molar-refractivity contribution in [1.82, 2.24) is 0 Å². The van der Waals surface area contributed by atoms with Crippen LogP contribution in [-0.4, -0.2) is 74.4 Å². The van der Waals surface area contributed by atoms with Crippen molar-refractivity contribution in [2.75, 3.05) is 13.2 Å². The zero-order valence-electron chi connectivity index (χ0n) is 21.5. The van der Waals surface area contributed by atoms with Crippen LogP contribution in [0.15, 0.2) is 73.8 Å². The molecule has 0 saturated heterocycles. The van der Waals surface area contributed by atoms with Crippen molar-refractivity contribution in [3.05, 3.63) is 85.0 Å². The Labute approximate surface area is 221 Å². The van der Waals surface area contributed by atoms with Gasteiger partial charge in [0, 0.05) is 12.8 Å². The van der Waals surface area contributed by atoms with E-state index in [0.717, 1.165) is 12.2 Å². The molecule has 0 aliphatic rings. The first kappa shape index (κ1) is 30.6. The monoisotopic (exact) mass is 526 g/mol. The molecule has 38 heavy (non-hydrogen) atoms. The molecule has 4 atom stereocenters. The second-order valence-electron chi connectivity index (χ2n) is 9.38. The van der Waals surface area contributed by atoms with Crippen LogP contribution in [-0.2, 0) is 27.2 Å². The van der Waals surface area contributed by atoms with Gasteiger partial charge in [-0.05, 0) is 61.4 Å². The van der Waals surface area contributed by atoms with Gasteiger partial charge in [0.2, 0.25) is 0 Å². The number of carbonyl (C=O) groups excluding carboxylic acids is 3. The van der Waals surface area contributed by atoms with Gasteiger partial charge in [0.15, 0.2) is 29.6 Å². The standard InChI is InChI=1S/C29H34O9/c1-5-23(30)25(32)17-37-21-11-7-19(8-12-21)15-28(3,35)27(34)29(4,36)16-20-9-13-22(14-10-20)38-18-26(33)24(31)6-2/h5-14,25-26,32-33,35-36H,1-2,15-18H2,3-4H3. The fourth-order valence-electron chi connectivity index (χ4n) is 3.73. The lowest BCUT2D eigenvalue weighted by Crippen LogP contribution is -2.52. The molecule has 2 aromatic carbocycles. The number of hydrogen-bond donors (Lipinski definition) is 4. The summed E-state index contributed by atoms with van der Waals surface area (Å²) in [5.74, 6) is -1.09. The summed E-state index contributed by atoms with van der Waals surface area (Å²) in [6.07, 6.45) is -0.763. The van der Waals surface area contributed by atoms with E-state index in [9.17, 15) is 34.8 Å². The molecule has 0 amide bonds. The van der Waals surface area contributed by atoms with Crippen LogP contribution in [0.1, 0.15) is 25.0 Å². The Bertz CT molecular complexity index is 1040. The first-order chi connectivity index (χ1) is 17.8. The SMILES string of the molecule is C=CC(=O)C(O)COc1ccc(CC(C)(O)C(=O)C(C)(O)Cc2ccc(OCC(O)C(=O)C=C)cc2)cc1. The van der Waals surface area contributed by atoms with Gasteiger partial charge in [-0.25, -0.2) is 0 Å². The van der Waals surface area contributed by atoms with E-state index in [1.807, 2.05) is 0 Å². The fraction of sp³-hybridized carbons (Fsp3) is 0.345. The van der Waals surface area contributed by atoms with Crippen LogP contribution in [0.4, 0.5) is 0 Å². The molecule has 0 saturated carbocycles. The number of ketones is 3. The smallest absolute Gasteiger partial charge is 0.195 e. The van der Waals surface area contributed by atoms with E-state index >= 15 is 0 Å². The van der Waals surface area contributed by atoms with Gasteiger partial charge in [-0.3, -0.25) is 14.4 Å². The summed E-state index contributed by atoms with van der Waals surface area (Å²) in [7, 11) is 0. The molecule has 0 aliphatic carbocycles. The third kappa shape index (κ3) is 8.74. The van der Waals surface area contributed by atoms with Crippen molar-refractivity contribution in [1.29, 1.82) is 0 Å². The van der Waals surface area contributed by atoms with Crippen LogP contribution in [0.25, 0.3) is 0 Å². The summed E-state index contributed by atoms with van der Waals surface area (Å²) < 4.78 is 10.7. The maximum absolute atomic E-state index is 13.1. The van der Waals surface area contributed by atoms with Crippen LogP contribution < -0.4 is 9.47 Å². The van der Waals surface area contributed by atoms with Crippen LogP contribution in [0.3, 0.4) is 0 Å². The van der Waals surface area contributed by atoms with Gasteiger partial charge in [-0.2, -0.15) is 0 Å². The average molecular weight is 527 g/mol. The molecule has 0 spiro atoms. The minimum absolute atomic E-state index is 0.0711. The number of hydrogen-bond acceptors (Lipinski definition) is 9. The molecular formula is C29H34O9. The number of Topliss-reactive ketones (excluding diaryl/α,β-unsaturated/α-hetero) is 1. The van der Waals surface area contributed by atoms with Gasteiger partial charge in [0.25, 0.3) is 0 Å². The maximum Gasteiger partial charge on any atom is 0.195 e. The number of aliphatic hydroxyl groups is 4. The summed E-state index contributed by atoms with van der Waals surface area (Å²) in [6, 6.07) is 12.8. The lowest BCUT2D eigenvalue weighted by atomic mass is 9.80. The Kier molecular flexibility index (Phi) is 10.7. The molecule has 9 heteroatoms. The zero-order chi connectivity index (χ0) is 28.5. The maximum atomic E-state index is 13.1. The minimum Gasteiger partial charge on any atom is -0.490 e. The van der Waals surface area contributed by atoms with Crippen LogP contribution in [0.5, 0.6) is 11.5 Å². The minimum atomic E-state index is -1.88. The van der Waals surface area contributed by atoms with Crippen molar-refractivity contribution in [3.63, 3.8) is 0 Å². The largest absolute Gasteiger partial charge is 0.490 e. The lowest BCUT2D eigenvalue weighted by molar-refractivity contribution is -0.153. The molecule has 0 aromatic heterocycles.